The van der Waals surface area contributed by atoms with Gasteiger partial charge in [-0.25, -0.2) is 13.4 Å². The summed E-state index contributed by atoms with van der Waals surface area (Å²) in [7, 11) is -3.36. The lowest BCUT2D eigenvalue weighted by Gasteiger charge is -2.09. The number of carbonyl (C=O) groups excluding carboxylic acids is 1. The van der Waals surface area contributed by atoms with E-state index in [1.165, 1.54) is 18.3 Å². The molecular weight excluding hydrogens is 362 g/mol. The maximum Gasteiger partial charge on any atom is 0.219 e. The lowest BCUT2D eigenvalue weighted by molar-refractivity contribution is 0.112. The van der Waals surface area contributed by atoms with Gasteiger partial charge in [-0.3, -0.25) is 4.79 Å². The highest BCUT2D eigenvalue weighted by Gasteiger charge is 2.19. The zero-order valence-corrected chi connectivity index (χ0v) is 15.8. The van der Waals surface area contributed by atoms with Crippen molar-refractivity contribution in [2.45, 2.75) is 24.0 Å². The fourth-order valence-corrected chi connectivity index (χ4v) is 3.56. The van der Waals surface area contributed by atoms with Crippen molar-refractivity contribution in [3.8, 4) is 22.8 Å². The number of aldehydes is 1. The summed E-state index contributed by atoms with van der Waals surface area (Å²) in [6.07, 6.45) is 2.13. The van der Waals surface area contributed by atoms with Crippen LogP contribution in [0.15, 0.2) is 71.8 Å². The number of ether oxygens (including phenoxy) is 1. The van der Waals surface area contributed by atoms with Crippen LogP contribution in [0.3, 0.4) is 0 Å². The van der Waals surface area contributed by atoms with Gasteiger partial charge in [0.25, 0.3) is 0 Å². The molecule has 0 atom stereocenters. The molecule has 1 aromatic heterocycles. The molecule has 6 heteroatoms. The van der Waals surface area contributed by atoms with Gasteiger partial charge in [0.05, 0.1) is 10.1 Å². The Morgan fingerprint density at radius 1 is 0.963 bits per heavy atom. The normalized spacial score (nSPS) is 11.4. The third-order valence-corrected chi connectivity index (χ3v) is 6.27. The molecule has 0 bridgehead atoms. The number of pyridine rings is 1. The van der Waals surface area contributed by atoms with E-state index in [1.54, 1.807) is 32.0 Å². The number of benzene rings is 2. The molecule has 0 spiro atoms. The summed E-state index contributed by atoms with van der Waals surface area (Å²) in [6, 6.07) is 17.6. The van der Waals surface area contributed by atoms with E-state index in [0.717, 1.165) is 17.4 Å². The topological polar surface area (TPSA) is 73.3 Å². The lowest BCUT2D eigenvalue weighted by atomic mass is 10.0. The van der Waals surface area contributed by atoms with Crippen LogP contribution in [0.5, 0.6) is 11.6 Å². The van der Waals surface area contributed by atoms with Crippen LogP contribution in [0, 0.1) is 0 Å². The largest absolute Gasteiger partial charge is 0.439 e. The minimum Gasteiger partial charge on any atom is -0.439 e. The highest BCUT2D eigenvalue weighted by atomic mass is 32.2. The Labute approximate surface area is 158 Å². The second kappa shape index (κ2) is 7.72. The Balaban J connectivity index is 1.78. The standard InChI is InChI=1S/C21H19NO4S/c1-15(2)27(24,25)19-11-12-21(22-13-19)26-18-9-7-16(8-10-18)20-6-4-3-5-17(20)14-23/h3-15H,1-2H3. The summed E-state index contributed by atoms with van der Waals surface area (Å²) in [5, 5.41) is -0.507. The number of carbonyl (C=O) groups is 1. The fraction of sp³-hybridized carbons (Fsp3) is 0.143. The number of sulfone groups is 1. The molecule has 1 heterocycles. The van der Waals surface area contributed by atoms with Crippen LogP contribution in [0.2, 0.25) is 0 Å². The van der Waals surface area contributed by atoms with E-state index in [2.05, 4.69) is 4.98 Å². The first-order valence-electron chi connectivity index (χ1n) is 8.44. The molecule has 27 heavy (non-hydrogen) atoms. The Morgan fingerprint density at radius 2 is 1.67 bits per heavy atom. The van der Waals surface area contributed by atoms with Gasteiger partial charge in [0.15, 0.2) is 16.1 Å². The van der Waals surface area contributed by atoms with Gasteiger partial charge in [0, 0.05) is 17.8 Å². The summed E-state index contributed by atoms with van der Waals surface area (Å²) in [5.41, 5.74) is 2.37. The molecule has 2 aromatic carbocycles. The van der Waals surface area contributed by atoms with Gasteiger partial charge >= 0.3 is 0 Å². The summed E-state index contributed by atoms with van der Waals surface area (Å²) in [5.74, 6) is 0.869. The van der Waals surface area contributed by atoms with Gasteiger partial charge in [-0.05, 0) is 43.2 Å². The summed E-state index contributed by atoms with van der Waals surface area (Å²) in [6.45, 7) is 3.26. The molecule has 0 aliphatic rings. The van der Waals surface area contributed by atoms with Crippen molar-refractivity contribution >= 4 is 16.1 Å². The van der Waals surface area contributed by atoms with Gasteiger partial charge in [-0.2, -0.15) is 0 Å². The first-order chi connectivity index (χ1) is 12.9. The van der Waals surface area contributed by atoms with Crippen LogP contribution in [-0.2, 0) is 9.84 Å². The molecule has 0 aliphatic carbocycles. The minimum atomic E-state index is -3.36. The molecule has 0 amide bonds. The number of hydrogen-bond donors (Lipinski definition) is 0. The Bertz CT molecular complexity index is 1040. The second-order valence-corrected chi connectivity index (χ2v) is 8.76. The molecule has 0 N–H and O–H groups in total. The van der Waals surface area contributed by atoms with Gasteiger partial charge < -0.3 is 4.74 Å². The van der Waals surface area contributed by atoms with Crippen molar-refractivity contribution in [3.05, 3.63) is 72.4 Å². The van der Waals surface area contributed by atoms with Crippen LogP contribution in [0.25, 0.3) is 11.1 Å². The van der Waals surface area contributed by atoms with Crippen molar-refractivity contribution in [3.63, 3.8) is 0 Å². The highest BCUT2D eigenvalue weighted by molar-refractivity contribution is 7.92. The summed E-state index contributed by atoms with van der Waals surface area (Å²) in [4.78, 5) is 15.4. The van der Waals surface area contributed by atoms with Gasteiger partial charge in [0.2, 0.25) is 5.88 Å². The van der Waals surface area contributed by atoms with Crippen LogP contribution >= 0.6 is 0 Å². The third-order valence-electron chi connectivity index (χ3n) is 4.13. The van der Waals surface area contributed by atoms with Crippen LogP contribution in [0.4, 0.5) is 0 Å². The monoisotopic (exact) mass is 381 g/mol. The average Bonchev–Trinajstić information content (AvgIpc) is 2.69. The number of nitrogens with zero attached hydrogens (tertiary/aromatic N) is 1. The molecule has 0 radical (unpaired) electrons. The van der Waals surface area contributed by atoms with Gasteiger partial charge in [0.1, 0.15) is 5.75 Å². The maximum absolute atomic E-state index is 12.1. The van der Waals surface area contributed by atoms with E-state index < -0.39 is 15.1 Å². The number of hydrogen-bond acceptors (Lipinski definition) is 5. The van der Waals surface area contributed by atoms with E-state index in [0.29, 0.717) is 17.2 Å². The average molecular weight is 381 g/mol. The Hall–Kier alpha value is -2.99. The van der Waals surface area contributed by atoms with Crippen molar-refractivity contribution in [1.29, 1.82) is 0 Å². The first kappa shape index (κ1) is 18.8. The molecule has 3 rings (SSSR count). The van der Waals surface area contributed by atoms with Gasteiger partial charge in [-0.15, -0.1) is 0 Å². The van der Waals surface area contributed by atoms with Crippen molar-refractivity contribution in [2.24, 2.45) is 0 Å². The Morgan fingerprint density at radius 3 is 2.26 bits per heavy atom. The van der Waals surface area contributed by atoms with E-state index in [-0.39, 0.29) is 4.90 Å². The summed E-state index contributed by atoms with van der Waals surface area (Å²) >= 11 is 0. The molecule has 0 saturated carbocycles. The van der Waals surface area contributed by atoms with E-state index in [9.17, 15) is 13.2 Å². The van der Waals surface area contributed by atoms with Crippen LogP contribution < -0.4 is 4.74 Å². The van der Waals surface area contributed by atoms with E-state index in [4.69, 9.17) is 4.74 Å². The molecule has 0 aliphatic heterocycles. The second-order valence-electron chi connectivity index (χ2n) is 6.26. The lowest BCUT2D eigenvalue weighted by Crippen LogP contribution is -2.14. The smallest absolute Gasteiger partial charge is 0.219 e. The summed E-state index contributed by atoms with van der Waals surface area (Å²) < 4.78 is 29.9. The number of rotatable bonds is 6. The predicted molar refractivity (Wildman–Crippen MR) is 104 cm³/mol. The minimum absolute atomic E-state index is 0.172. The molecule has 0 saturated heterocycles. The highest BCUT2D eigenvalue weighted by Crippen LogP contribution is 2.27. The molecule has 3 aromatic rings. The zero-order chi connectivity index (χ0) is 19.4. The van der Waals surface area contributed by atoms with Crippen molar-refractivity contribution < 1.29 is 17.9 Å². The van der Waals surface area contributed by atoms with Crippen molar-refractivity contribution in [1.82, 2.24) is 4.98 Å². The quantitative estimate of drug-likeness (QED) is 0.586. The maximum atomic E-state index is 12.1. The van der Waals surface area contributed by atoms with Crippen molar-refractivity contribution in [2.75, 3.05) is 0 Å². The van der Waals surface area contributed by atoms with Crippen LogP contribution in [0.1, 0.15) is 24.2 Å². The molecule has 138 valence electrons. The molecular formula is C21H19NO4S. The fourth-order valence-electron chi connectivity index (χ4n) is 2.55. The SMILES string of the molecule is CC(C)S(=O)(=O)c1ccc(Oc2ccc(-c3ccccc3C=O)cc2)nc1. The van der Waals surface area contributed by atoms with E-state index in [1.807, 2.05) is 30.3 Å². The molecule has 0 unspecified atom stereocenters. The number of aromatic nitrogens is 1. The first-order valence-corrected chi connectivity index (χ1v) is 9.99. The third kappa shape index (κ3) is 4.06. The van der Waals surface area contributed by atoms with E-state index >= 15 is 0 Å². The zero-order valence-electron chi connectivity index (χ0n) is 15.0. The Kier molecular flexibility index (Phi) is 5.37. The predicted octanol–water partition coefficient (Wildman–Crippen LogP) is 4.54. The molecule has 5 nitrogen and oxygen atoms in total. The van der Waals surface area contributed by atoms with Gasteiger partial charge in [-0.1, -0.05) is 36.4 Å². The molecule has 0 fully saturated rings. The van der Waals surface area contributed by atoms with Crippen LogP contribution in [-0.4, -0.2) is 24.9 Å².